The van der Waals surface area contributed by atoms with Crippen molar-refractivity contribution in [1.82, 2.24) is 0 Å². The van der Waals surface area contributed by atoms with Crippen LogP contribution in [0.1, 0.15) is 105 Å². The van der Waals surface area contributed by atoms with Gasteiger partial charge in [-0.25, -0.2) is 19.4 Å². The summed E-state index contributed by atoms with van der Waals surface area (Å²) in [4.78, 5) is 58.0. The third-order valence-electron chi connectivity index (χ3n) is 4.94. The molecule has 28 heavy (non-hydrogen) atoms. The second-order valence-corrected chi connectivity index (χ2v) is 7.25. The Kier molecular flexibility index (Phi) is 15.3. The normalized spacial score (nSPS) is 12.9. The highest BCUT2D eigenvalue weighted by atomic mass is 17.2. The smallest absolute Gasteiger partial charge is 0.299 e. The van der Waals surface area contributed by atoms with E-state index in [1.807, 2.05) is 0 Å². The van der Waals surface area contributed by atoms with Crippen LogP contribution in [0.5, 0.6) is 0 Å². The standard InChI is InChI=1S/C22H38O6/c1-5-9-11-13-15-17(19(23)7-3)21(25)27-28-22(26)18(20(24)8-4)16-14-12-10-6-2/h17-18H,5-16H2,1-4H3. The molecule has 2 unspecified atom stereocenters. The summed E-state index contributed by atoms with van der Waals surface area (Å²) in [7, 11) is 0. The van der Waals surface area contributed by atoms with Gasteiger partial charge in [-0.05, 0) is 12.8 Å². The summed E-state index contributed by atoms with van der Waals surface area (Å²) >= 11 is 0. The molecule has 0 rings (SSSR count). The molecule has 0 saturated heterocycles. The molecule has 0 heterocycles. The number of Topliss-reactive ketones (excluding diaryl/α,β-unsaturated/α-hetero) is 2. The molecule has 0 amide bonds. The molecule has 0 aromatic heterocycles. The lowest BCUT2D eigenvalue weighted by Gasteiger charge is -2.15. The van der Waals surface area contributed by atoms with Gasteiger partial charge in [0.05, 0.1) is 0 Å². The van der Waals surface area contributed by atoms with Gasteiger partial charge in [0.1, 0.15) is 23.4 Å². The Balaban J connectivity index is 4.72. The molecule has 0 fully saturated rings. The topological polar surface area (TPSA) is 86.7 Å². The minimum absolute atomic E-state index is 0.218. The van der Waals surface area contributed by atoms with Crippen LogP contribution in [-0.2, 0) is 29.0 Å². The molecule has 0 aliphatic heterocycles. The minimum atomic E-state index is -0.917. The predicted molar refractivity (Wildman–Crippen MR) is 107 cm³/mol. The molecule has 162 valence electrons. The van der Waals surface area contributed by atoms with E-state index in [4.69, 9.17) is 0 Å². The highest BCUT2D eigenvalue weighted by molar-refractivity contribution is 6.00. The average Bonchev–Trinajstić information content (AvgIpc) is 2.70. The summed E-state index contributed by atoms with van der Waals surface area (Å²) in [6.07, 6.45) is 8.73. The third kappa shape index (κ3) is 10.6. The molecule has 0 radical (unpaired) electrons. The van der Waals surface area contributed by atoms with Crippen molar-refractivity contribution in [2.24, 2.45) is 11.8 Å². The fourth-order valence-electron chi connectivity index (χ4n) is 3.06. The molecule has 6 nitrogen and oxygen atoms in total. The molecule has 2 atom stereocenters. The van der Waals surface area contributed by atoms with E-state index in [2.05, 4.69) is 23.6 Å². The summed E-state index contributed by atoms with van der Waals surface area (Å²) in [5.74, 6) is -3.97. The van der Waals surface area contributed by atoms with Crippen molar-refractivity contribution in [3.8, 4) is 0 Å². The number of rotatable bonds is 16. The minimum Gasteiger partial charge on any atom is -0.299 e. The molecular weight excluding hydrogens is 360 g/mol. The van der Waals surface area contributed by atoms with Gasteiger partial charge in [0.2, 0.25) is 0 Å². The van der Waals surface area contributed by atoms with Crippen LogP contribution in [0, 0.1) is 11.8 Å². The summed E-state index contributed by atoms with van der Waals surface area (Å²) in [6, 6.07) is 0. The van der Waals surface area contributed by atoms with Gasteiger partial charge in [0.25, 0.3) is 0 Å². The van der Waals surface area contributed by atoms with E-state index in [-0.39, 0.29) is 24.4 Å². The zero-order valence-corrected chi connectivity index (χ0v) is 18.1. The van der Waals surface area contributed by atoms with Crippen molar-refractivity contribution in [2.45, 2.75) is 105 Å². The molecule has 0 aliphatic rings. The SMILES string of the molecule is CCCCCCC(C(=O)CC)C(=O)OOC(=O)C(CCCCCC)C(=O)CC. The number of ketones is 2. The summed E-state index contributed by atoms with van der Waals surface area (Å²) in [6.45, 7) is 7.54. The molecule has 0 aliphatic carbocycles. The fourth-order valence-corrected chi connectivity index (χ4v) is 3.06. The van der Waals surface area contributed by atoms with Crippen LogP contribution >= 0.6 is 0 Å². The van der Waals surface area contributed by atoms with Gasteiger partial charge in [-0.1, -0.05) is 79.1 Å². The molecular formula is C22H38O6. The predicted octanol–water partition coefficient (Wildman–Crippen LogP) is 5.12. The third-order valence-corrected chi connectivity index (χ3v) is 4.94. The van der Waals surface area contributed by atoms with Crippen molar-refractivity contribution < 1.29 is 29.0 Å². The maximum atomic E-state index is 12.3. The number of hydrogen-bond acceptors (Lipinski definition) is 6. The van der Waals surface area contributed by atoms with E-state index in [1.54, 1.807) is 13.8 Å². The van der Waals surface area contributed by atoms with Crippen LogP contribution in [0.3, 0.4) is 0 Å². The second kappa shape index (κ2) is 16.3. The van der Waals surface area contributed by atoms with E-state index in [9.17, 15) is 19.2 Å². The summed E-state index contributed by atoms with van der Waals surface area (Å²) in [5.41, 5.74) is 0. The van der Waals surface area contributed by atoms with Crippen molar-refractivity contribution in [3.63, 3.8) is 0 Å². The lowest BCUT2D eigenvalue weighted by molar-refractivity contribution is -0.264. The average molecular weight is 399 g/mol. The maximum absolute atomic E-state index is 12.3. The Bertz CT molecular complexity index is 441. The van der Waals surface area contributed by atoms with Crippen LogP contribution in [0.25, 0.3) is 0 Å². The van der Waals surface area contributed by atoms with Crippen molar-refractivity contribution in [2.75, 3.05) is 0 Å². The largest absolute Gasteiger partial charge is 0.365 e. The molecule has 0 saturated carbocycles. The first kappa shape index (κ1) is 26.3. The van der Waals surface area contributed by atoms with Crippen LogP contribution < -0.4 is 0 Å². The molecule has 6 heteroatoms. The second-order valence-electron chi connectivity index (χ2n) is 7.25. The Morgan fingerprint density at radius 1 is 0.571 bits per heavy atom. The monoisotopic (exact) mass is 398 g/mol. The van der Waals surface area contributed by atoms with Gasteiger partial charge in [-0.2, -0.15) is 0 Å². The van der Waals surface area contributed by atoms with Gasteiger partial charge >= 0.3 is 11.9 Å². The lowest BCUT2D eigenvalue weighted by Crippen LogP contribution is -2.30. The number of carbonyl (C=O) groups is 4. The maximum Gasteiger partial charge on any atom is 0.365 e. The van der Waals surface area contributed by atoms with E-state index in [0.29, 0.717) is 12.8 Å². The highest BCUT2D eigenvalue weighted by Gasteiger charge is 2.31. The Morgan fingerprint density at radius 2 is 0.929 bits per heavy atom. The zero-order chi connectivity index (χ0) is 21.4. The summed E-state index contributed by atoms with van der Waals surface area (Å²) in [5, 5.41) is 0. The van der Waals surface area contributed by atoms with E-state index in [1.165, 1.54) is 0 Å². The first-order valence-corrected chi connectivity index (χ1v) is 10.9. The molecule has 0 bridgehead atoms. The van der Waals surface area contributed by atoms with Crippen molar-refractivity contribution in [1.29, 1.82) is 0 Å². The quantitative estimate of drug-likeness (QED) is 0.155. The Morgan fingerprint density at radius 3 is 1.21 bits per heavy atom. The van der Waals surface area contributed by atoms with Gasteiger partial charge in [-0.3, -0.25) is 9.59 Å². The molecule has 0 spiro atoms. The first-order valence-electron chi connectivity index (χ1n) is 10.9. The first-order chi connectivity index (χ1) is 13.4. The zero-order valence-electron chi connectivity index (χ0n) is 18.1. The molecule has 0 N–H and O–H groups in total. The van der Waals surface area contributed by atoms with Crippen LogP contribution in [0.2, 0.25) is 0 Å². The Hall–Kier alpha value is -1.72. The van der Waals surface area contributed by atoms with E-state index >= 15 is 0 Å². The Labute approximate surface area is 169 Å². The van der Waals surface area contributed by atoms with E-state index in [0.717, 1.165) is 51.4 Å². The number of carbonyl (C=O) groups excluding carboxylic acids is 4. The molecule has 0 aromatic rings. The fraction of sp³-hybridized carbons (Fsp3) is 0.818. The van der Waals surface area contributed by atoms with Gasteiger partial charge < -0.3 is 0 Å². The highest BCUT2D eigenvalue weighted by Crippen LogP contribution is 2.18. The van der Waals surface area contributed by atoms with Gasteiger partial charge in [0, 0.05) is 12.8 Å². The number of unbranched alkanes of at least 4 members (excludes halogenated alkanes) is 6. The van der Waals surface area contributed by atoms with Crippen LogP contribution in [0.15, 0.2) is 0 Å². The van der Waals surface area contributed by atoms with Crippen molar-refractivity contribution >= 4 is 23.5 Å². The van der Waals surface area contributed by atoms with Gasteiger partial charge in [0.15, 0.2) is 0 Å². The lowest BCUT2D eigenvalue weighted by atomic mass is 9.95. The molecule has 0 aromatic carbocycles. The number of hydrogen-bond donors (Lipinski definition) is 0. The van der Waals surface area contributed by atoms with Crippen LogP contribution in [0.4, 0.5) is 0 Å². The van der Waals surface area contributed by atoms with E-state index < -0.39 is 23.8 Å². The van der Waals surface area contributed by atoms with Gasteiger partial charge in [-0.15, -0.1) is 0 Å². The van der Waals surface area contributed by atoms with Crippen LogP contribution in [-0.4, -0.2) is 23.5 Å². The summed E-state index contributed by atoms with van der Waals surface area (Å²) < 4.78 is 0. The van der Waals surface area contributed by atoms with Crippen molar-refractivity contribution in [3.05, 3.63) is 0 Å².